The van der Waals surface area contributed by atoms with E-state index >= 15 is 0 Å². The predicted octanol–water partition coefficient (Wildman–Crippen LogP) is 3.64. The molecular weight excluding hydrogens is 307 g/mol. The van der Waals surface area contributed by atoms with Crippen LogP contribution < -0.4 is 10.9 Å². The maximum absolute atomic E-state index is 13.5. The van der Waals surface area contributed by atoms with Crippen LogP contribution >= 0.6 is 0 Å². The molecule has 24 heavy (non-hydrogen) atoms. The number of ether oxygens (including phenoxy) is 2. The fraction of sp³-hybridized carbons (Fsp3) is 0.368. The average Bonchev–Trinajstić information content (AvgIpc) is 3.11. The predicted molar refractivity (Wildman–Crippen MR) is 91.9 cm³/mol. The molecule has 3 rings (SSSR count). The third-order valence-corrected chi connectivity index (χ3v) is 4.04. The number of hydrogen-bond acceptors (Lipinski definition) is 4. The molecule has 0 radical (unpaired) electrons. The second-order valence-electron chi connectivity index (χ2n) is 5.91. The van der Waals surface area contributed by atoms with Gasteiger partial charge in [0.2, 0.25) is 0 Å². The van der Waals surface area contributed by atoms with Crippen molar-refractivity contribution in [2.24, 2.45) is 0 Å². The van der Waals surface area contributed by atoms with E-state index in [2.05, 4.69) is 10.9 Å². The van der Waals surface area contributed by atoms with Gasteiger partial charge in [0.25, 0.3) is 0 Å². The van der Waals surface area contributed by atoms with Gasteiger partial charge >= 0.3 is 0 Å². The van der Waals surface area contributed by atoms with Crippen LogP contribution in [0.5, 0.6) is 0 Å². The van der Waals surface area contributed by atoms with Crippen LogP contribution in [0.4, 0.5) is 10.1 Å². The molecule has 1 aliphatic heterocycles. The van der Waals surface area contributed by atoms with E-state index in [1.165, 1.54) is 12.1 Å². The van der Waals surface area contributed by atoms with Crippen LogP contribution in [0, 0.1) is 5.82 Å². The van der Waals surface area contributed by atoms with Crippen LogP contribution in [0.2, 0.25) is 0 Å². The summed E-state index contributed by atoms with van der Waals surface area (Å²) in [5.41, 5.74) is 9.13. The maximum Gasteiger partial charge on any atom is 0.123 e. The Morgan fingerprint density at radius 3 is 2.79 bits per heavy atom. The Balaban J connectivity index is 1.52. The minimum absolute atomic E-state index is 0.180. The quantitative estimate of drug-likeness (QED) is 0.725. The molecule has 128 valence electrons. The number of anilines is 1. The van der Waals surface area contributed by atoms with Crippen LogP contribution in [0.1, 0.15) is 24.0 Å². The van der Waals surface area contributed by atoms with Gasteiger partial charge < -0.3 is 14.9 Å². The molecule has 0 spiro atoms. The van der Waals surface area contributed by atoms with Crippen LogP contribution in [-0.4, -0.2) is 19.3 Å². The Hall–Kier alpha value is -1.95. The minimum Gasteiger partial charge on any atom is -0.376 e. The van der Waals surface area contributed by atoms with Crippen molar-refractivity contribution >= 4 is 5.69 Å². The number of hydrogen-bond donors (Lipinski definition) is 2. The third kappa shape index (κ3) is 5.03. The molecule has 1 fully saturated rings. The van der Waals surface area contributed by atoms with Crippen molar-refractivity contribution in [3.63, 3.8) is 0 Å². The molecule has 1 heterocycles. The van der Waals surface area contributed by atoms with Crippen molar-refractivity contribution in [1.29, 1.82) is 0 Å². The minimum atomic E-state index is -0.245. The van der Waals surface area contributed by atoms with Crippen molar-refractivity contribution in [3.05, 3.63) is 65.5 Å². The highest BCUT2D eigenvalue weighted by Gasteiger charge is 2.15. The Morgan fingerprint density at radius 1 is 1.12 bits per heavy atom. The number of nitrogens with one attached hydrogen (secondary N) is 2. The largest absolute Gasteiger partial charge is 0.376 e. The third-order valence-electron chi connectivity index (χ3n) is 4.04. The highest BCUT2D eigenvalue weighted by atomic mass is 19.1. The summed E-state index contributed by atoms with van der Waals surface area (Å²) in [6.07, 6.45) is 2.31. The van der Waals surface area contributed by atoms with Gasteiger partial charge in [-0.25, -0.2) is 9.82 Å². The molecule has 1 unspecified atom stereocenters. The van der Waals surface area contributed by atoms with Gasteiger partial charge in [0.1, 0.15) is 5.82 Å². The van der Waals surface area contributed by atoms with Gasteiger partial charge in [0.05, 0.1) is 19.3 Å². The molecule has 2 aromatic carbocycles. The number of benzene rings is 2. The Bertz CT molecular complexity index is 631. The fourth-order valence-electron chi connectivity index (χ4n) is 2.74. The Morgan fingerprint density at radius 2 is 2.00 bits per heavy atom. The highest BCUT2D eigenvalue weighted by Crippen LogP contribution is 2.16. The van der Waals surface area contributed by atoms with E-state index in [-0.39, 0.29) is 11.9 Å². The highest BCUT2D eigenvalue weighted by molar-refractivity contribution is 5.41. The summed E-state index contributed by atoms with van der Waals surface area (Å²) in [5.74, 6) is -0.245. The first kappa shape index (κ1) is 16.9. The maximum atomic E-state index is 13.5. The number of para-hydroxylation sites is 1. The van der Waals surface area contributed by atoms with E-state index in [4.69, 9.17) is 9.47 Å². The molecule has 2 N–H and O–H groups in total. The zero-order chi connectivity index (χ0) is 16.6. The first-order valence-corrected chi connectivity index (χ1v) is 8.32. The molecule has 0 amide bonds. The topological polar surface area (TPSA) is 42.5 Å². The molecular formula is C19H23FN2O2. The van der Waals surface area contributed by atoms with E-state index in [0.29, 0.717) is 19.8 Å². The lowest BCUT2D eigenvalue weighted by Gasteiger charge is -2.14. The zero-order valence-corrected chi connectivity index (χ0v) is 13.6. The van der Waals surface area contributed by atoms with Gasteiger partial charge in [0.15, 0.2) is 0 Å². The fourth-order valence-corrected chi connectivity index (χ4v) is 2.74. The number of rotatable bonds is 8. The van der Waals surface area contributed by atoms with Crippen LogP contribution in [0.15, 0.2) is 48.5 Å². The van der Waals surface area contributed by atoms with Crippen molar-refractivity contribution in [1.82, 2.24) is 5.43 Å². The molecule has 0 saturated carbocycles. The molecule has 5 heteroatoms. The van der Waals surface area contributed by atoms with Crippen molar-refractivity contribution in [2.45, 2.75) is 32.1 Å². The lowest BCUT2D eigenvalue weighted by Crippen LogP contribution is -2.22. The van der Waals surface area contributed by atoms with Gasteiger partial charge in [0, 0.05) is 18.8 Å². The van der Waals surface area contributed by atoms with Crippen LogP contribution in [-0.2, 0) is 22.6 Å². The van der Waals surface area contributed by atoms with E-state index < -0.39 is 0 Å². The van der Waals surface area contributed by atoms with Crippen molar-refractivity contribution in [3.8, 4) is 0 Å². The lowest BCUT2D eigenvalue weighted by atomic mass is 10.1. The lowest BCUT2D eigenvalue weighted by molar-refractivity contribution is 0.0103. The molecule has 0 aromatic heterocycles. The first-order valence-electron chi connectivity index (χ1n) is 8.32. The summed E-state index contributed by atoms with van der Waals surface area (Å²) in [6.45, 7) is 2.34. The Kier molecular flexibility index (Phi) is 6.18. The van der Waals surface area contributed by atoms with Crippen molar-refractivity contribution in [2.75, 3.05) is 18.6 Å². The number of halogens is 1. The van der Waals surface area contributed by atoms with E-state index in [1.54, 1.807) is 6.07 Å². The average molecular weight is 330 g/mol. The van der Waals surface area contributed by atoms with E-state index in [0.717, 1.165) is 36.3 Å². The summed E-state index contributed by atoms with van der Waals surface area (Å²) in [4.78, 5) is 0. The van der Waals surface area contributed by atoms with Gasteiger partial charge in [-0.3, -0.25) is 0 Å². The smallest absolute Gasteiger partial charge is 0.123 e. The molecule has 0 bridgehead atoms. The standard InChI is InChI=1S/C19H23FN2O2/c20-17-9-8-15(12-21-22-18-5-2-1-3-6-18)16(11-17)13-23-14-19-7-4-10-24-19/h1-3,5-6,8-9,11,19,21-22H,4,7,10,12-14H2. The van der Waals surface area contributed by atoms with Gasteiger partial charge in [-0.15, -0.1) is 0 Å². The molecule has 2 aromatic rings. The van der Waals surface area contributed by atoms with Gasteiger partial charge in [-0.05, 0) is 48.2 Å². The Labute approximate surface area is 141 Å². The normalized spacial score (nSPS) is 17.1. The summed E-state index contributed by atoms with van der Waals surface area (Å²) >= 11 is 0. The molecule has 1 aliphatic rings. The monoisotopic (exact) mass is 330 g/mol. The molecule has 1 atom stereocenters. The van der Waals surface area contributed by atoms with Gasteiger partial charge in [-0.1, -0.05) is 24.3 Å². The zero-order valence-electron chi connectivity index (χ0n) is 13.6. The summed E-state index contributed by atoms with van der Waals surface area (Å²) in [6, 6.07) is 14.7. The molecule has 0 aliphatic carbocycles. The second-order valence-corrected chi connectivity index (χ2v) is 5.91. The van der Waals surface area contributed by atoms with Crippen LogP contribution in [0.25, 0.3) is 0 Å². The van der Waals surface area contributed by atoms with E-state index in [1.807, 2.05) is 30.3 Å². The number of hydrazine groups is 1. The first-order chi connectivity index (χ1) is 11.8. The van der Waals surface area contributed by atoms with E-state index in [9.17, 15) is 4.39 Å². The summed E-state index contributed by atoms with van der Waals surface area (Å²) in [5, 5.41) is 0. The van der Waals surface area contributed by atoms with Gasteiger partial charge in [-0.2, -0.15) is 0 Å². The molecule has 1 saturated heterocycles. The second kappa shape index (κ2) is 8.78. The van der Waals surface area contributed by atoms with Crippen LogP contribution in [0.3, 0.4) is 0 Å². The summed E-state index contributed by atoms with van der Waals surface area (Å²) < 4.78 is 24.8. The molecule has 4 nitrogen and oxygen atoms in total. The summed E-state index contributed by atoms with van der Waals surface area (Å²) in [7, 11) is 0. The van der Waals surface area contributed by atoms with Crippen molar-refractivity contribution < 1.29 is 13.9 Å². The SMILES string of the molecule is Fc1ccc(CNNc2ccccc2)c(COCC2CCCO2)c1.